The van der Waals surface area contributed by atoms with Gasteiger partial charge < -0.3 is 15.5 Å². The molecule has 0 aliphatic carbocycles. The van der Waals surface area contributed by atoms with E-state index >= 15 is 0 Å². The maximum Gasteiger partial charge on any atom is 0.254 e. The fourth-order valence-electron chi connectivity index (χ4n) is 2.59. The van der Waals surface area contributed by atoms with E-state index < -0.39 is 0 Å². The van der Waals surface area contributed by atoms with E-state index in [2.05, 4.69) is 16.8 Å². The summed E-state index contributed by atoms with van der Waals surface area (Å²) in [6.07, 6.45) is 2.79. The zero-order chi connectivity index (χ0) is 14.0. The van der Waals surface area contributed by atoms with Gasteiger partial charge in [-0.1, -0.05) is 6.92 Å². The number of hydrogen-bond donors (Lipinski definition) is 1. The Hall–Kier alpha value is -1.62. The molecule has 2 N–H and O–H groups in total. The Labute approximate surface area is 114 Å². The number of carbonyl (C=O) groups is 1. The van der Waals surface area contributed by atoms with Gasteiger partial charge in [-0.05, 0) is 24.5 Å². The van der Waals surface area contributed by atoms with Crippen LogP contribution in [-0.2, 0) is 0 Å². The normalized spacial score (nSPS) is 22.6. The van der Waals surface area contributed by atoms with E-state index in [0.29, 0.717) is 24.1 Å². The van der Waals surface area contributed by atoms with E-state index in [4.69, 9.17) is 5.73 Å². The summed E-state index contributed by atoms with van der Waals surface area (Å²) in [4.78, 5) is 20.0. The van der Waals surface area contributed by atoms with E-state index in [-0.39, 0.29) is 5.91 Å². The van der Waals surface area contributed by atoms with E-state index in [0.717, 1.165) is 18.8 Å². The highest BCUT2D eigenvalue weighted by Gasteiger charge is 2.30. The summed E-state index contributed by atoms with van der Waals surface area (Å²) < 4.78 is 0. The predicted octanol–water partition coefficient (Wildman–Crippen LogP) is 0.957. The lowest BCUT2D eigenvalue weighted by Gasteiger charge is -2.26. The maximum absolute atomic E-state index is 11.8. The van der Waals surface area contributed by atoms with Crippen LogP contribution in [0.2, 0.25) is 0 Å². The fourth-order valence-corrected chi connectivity index (χ4v) is 2.59. The summed E-state index contributed by atoms with van der Waals surface area (Å²) in [5.74, 6) is 1.48. The van der Waals surface area contributed by atoms with Crippen LogP contribution in [0.4, 0.5) is 5.82 Å². The molecule has 2 unspecified atom stereocenters. The van der Waals surface area contributed by atoms with Crippen molar-refractivity contribution < 1.29 is 4.79 Å². The van der Waals surface area contributed by atoms with Crippen molar-refractivity contribution in [1.29, 1.82) is 0 Å². The molecule has 0 bridgehead atoms. The van der Waals surface area contributed by atoms with Crippen molar-refractivity contribution in [3.63, 3.8) is 0 Å². The van der Waals surface area contributed by atoms with Crippen molar-refractivity contribution in [3.05, 3.63) is 23.9 Å². The number of amides is 1. The number of anilines is 1. The van der Waals surface area contributed by atoms with Crippen molar-refractivity contribution in [3.8, 4) is 0 Å². The van der Waals surface area contributed by atoms with Crippen molar-refractivity contribution >= 4 is 11.7 Å². The van der Waals surface area contributed by atoms with E-state index in [9.17, 15) is 4.79 Å². The number of aromatic nitrogens is 1. The average Bonchev–Trinajstić information content (AvgIpc) is 2.79. The fraction of sp³-hybridized carbons (Fsp3) is 0.571. The van der Waals surface area contributed by atoms with Gasteiger partial charge in [0, 0.05) is 39.4 Å². The van der Waals surface area contributed by atoms with Gasteiger partial charge in [-0.25, -0.2) is 4.98 Å². The van der Waals surface area contributed by atoms with Crippen LogP contribution < -0.4 is 10.6 Å². The van der Waals surface area contributed by atoms with Crippen LogP contribution in [0.25, 0.3) is 0 Å². The second-order valence-corrected chi connectivity index (χ2v) is 5.37. The van der Waals surface area contributed by atoms with Gasteiger partial charge in [0.15, 0.2) is 0 Å². The molecule has 0 aromatic carbocycles. The first-order chi connectivity index (χ1) is 9.04. The summed E-state index contributed by atoms with van der Waals surface area (Å²) in [6, 6.07) is 4.10. The lowest BCUT2D eigenvalue weighted by Crippen LogP contribution is -2.38. The Morgan fingerprint density at radius 1 is 1.53 bits per heavy atom. The third-order valence-electron chi connectivity index (χ3n) is 3.82. The summed E-state index contributed by atoms with van der Waals surface area (Å²) >= 11 is 0. The highest BCUT2D eigenvalue weighted by molar-refractivity contribution is 5.93. The molecular formula is C14H22N4O. The van der Waals surface area contributed by atoms with Gasteiger partial charge in [-0.3, -0.25) is 4.79 Å². The summed E-state index contributed by atoms with van der Waals surface area (Å²) in [5, 5.41) is 0. The quantitative estimate of drug-likeness (QED) is 0.881. The maximum atomic E-state index is 11.8. The van der Waals surface area contributed by atoms with Gasteiger partial charge in [0.1, 0.15) is 5.82 Å². The highest BCUT2D eigenvalue weighted by atomic mass is 16.2. The van der Waals surface area contributed by atoms with Gasteiger partial charge in [-0.15, -0.1) is 0 Å². The van der Waals surface area contributed by atoms with Crippen LogP contribution in [-0.4, -0.2) is 49.0 Å². The molecule has 5 nitrogen and oxygen atoms in total. The largest absolute Gasteiger partial charge is 0.352 e. The van der Waals surface area contributed by atoms with E-state index in [1.54, 1.807) is 25.2 Å². The second-order valence-electron chi connectivity index (χ2n) is 5.37. The Morgan fingerprint density at radius 3 is 2.79 bits per heavy atom. The third kappa shape index (κ3) is 2.71. The molecule has 2 atom stereocenters. The monoisotopic (exact) mass is 262 g/mol. The average molecular weight is 262 g/mol. The van der Waals surface area contributed by atoms with Crippen molar-refractivity contribution in [2.75, 3.05) is 32.1 Å². The smallest absolute Gasteiger partial charge is 0.254 e. The van der Waals surface area contributed by atoms with Gasteiger partial charge in [-0.2, -0.15) is 0 Å². The Morgan fingerprint density at radius 2 is 2.26 bits per heavy atom. The molecule has 0 radical (unpaired) electrons. The van der Waals surface area contributed by atoms with E-state index in [1.165, 1.54) is 0 Å². The molecule has 1 aromatic heterocycles. The highest BCUT2D eigenvalue weighted by Crippen LogP contribution is 2.27. The van der Waals surface area contributed by atoms with E-state index in [1.807, 2.05) is 12.1 Å². The number of nitrogens with zero attached hydrogens (tertiary/aromatic N) is 3. The minimum Gasteiger partial charge on any atom is -0.352 e. The van der Waals surface area contributed by atoms with Crippen molar-refractivity contribution in [1.82, 2.24) is 9.88 Å². The first kappa shape index (κ1) is 13.8. The molecule has 2 rings (SSSR count). The first-order valence-corrected chi connectivity index (χ1v) is 6.69. The molecule has 1 saturated heterocycles. The standard InChI is InChI=1S/C14H22N4O/c1-10-6-7-18(12(10)8-15)13-5-4-11(9-16-13)14(19)17(2)3/h4-5,9-10,12H,6-8,15H2,1-3H3. The van der Waals surface area contributed by atoms with Crippen molar-refractivity contribution in [2.24, 2.45) is 11.7 Å². The van der Waals surface area contributed by atoms with Crippen LogP contribution in [0.5, 0.6) is 0 Å². The minimum atomic E-state index is -0.0239. The molecule has 0 saturated carbocycles. The molecule has 2 heterocycles. The predicted molar refractivity (Wildman–Crippen MR) is 76.2 cm³/mol. The van der Waals surface area contributed by atoms with Crippen LogP contribution in [0, 0.1) is 5.92 Å². The zero-order valence-corrected chi connectivity index (χ0v) is 11.8. The molecule has 1 aliphatic rings. The van der Waals surface area contributed by atoms with Gasteiger partial charge in [0.25, 0.3) is 5.91 Å². The molecular weight excluding hydrogens is 240 g/mol. The first-order valence-electron chi connectivity index (χ1n) is 6.69. The number of rotatable bonds is 3. The molecule has 1 fully saturated rings. The molecule has 19 heavy (non-hydrogen) atoms. The number of pyridine rings is 1. The number of carbonyl (C=O) groups excluding carboxylic acids is 1. The zero-order valence-electron chi connectivity index (χ0n) is 11.8. The molecule has 1 aliphatic heterocycles. The third-order valence-corrected chi connectivity index (χ3v) is 3.82. The Bertz CT molecular complexity index is 443. The number of nitrogens with two attached hydrogens (primary N) is 1. The topological polar surface area (TPSA) is 62.5 Å². The SMILES string of the molecule is CC1CCN(c2ccc(C(=O)N(C)C)cn2)C1CN. The van der Waals surface area contributed by atoms with Crippen LogP contribution >= 0.6 is 0 Å². The Kier molecular flexibility index (Phi) is 4.04. The molecule has 0 spiro atoms. The van der Waals surface area contributed by atoms with Crippen LogP contribution in [0.1, 0.15) is 23.7 Å². The van der Waals surface area contributed by atoms with Crippen LogP contribution in [0.3, 0.4) is 0 Å². The lowest BCUT2D eigenvalue weighted by atomic mass is 10.0. The van der Waals surface area contributed by atoms with Crippen molar-refractivity contribution in [2.45, 2.75) is 19.4 Å². The lowest BCUT2D eigenvalue weighted by molar-refractivity contribution is 0.0827. The minimum absolute atomic E-state index is 0.0239. The summed E-state index contributed by atoms with van der Waals surface area (Å²) in [5.41, 5.74) is 6.46. The molecule has 104 valence electrons. The molecule has 1 amide bonds. The van der Waals surface area contributed by atoms with Crippen LogP contribution in [0.15, 0.2) is 18.3 Å². The Balaban J connectivity index is 2.17. The van der Waals surface area contributed by atoms with Gasteiger partial charge >= 0.3 is 0 Å². The number of hydrogen-bond acceptors (Lipinski definition) is 4. The van der Waals surface area contributed by atoms with Gasteiger partial charge in [0.05, 0.1) is 5.56 Å². The van der Waals surface area contributed by atoms with Gasteiger partial charge in [0.2, 0.25) is 0 Å². The molecule has 1 aromatic rings. The summed E-state index contributed by atoms with van der Waals surface area (Å²) in [6.45, 7) is 3.85. The summed E-state index contributed by atoms with van der Waals surface area (Å²) in [7, 11) is 3.48. The molecule has 5 heteroatoms. The second kappa shape index (κ2) is 5.57.